The quantitative estimate of drug-likeness (QED) is 0.645. The number of nitrogens with zero attached hydrogens (tertiary/aromatic N) is 4. The van der Waals surface area contributed by atoms with E-state index in [9.17, 15) is 0 Å². The molecule has 0 saturated carbocycles. The van der Waals surface area contributed by atoms with Gasteiger partial charge in [0, 0.05) is 7.05 Å². The predicted octanol–water partition coefficient (Wildman–Crippen LogP) is -0.144. The smallest absolute Gasteiger partial charge is 0.140 e. The average molecular weight is 197 g/mol. The van der Waals surface area contributed by atoms with Gasteiger partial charge in [-0.1, -0.05) is 0 Å². The molecule has 0 radical (unpaired) electrons. The normalized spacial score (nSPS) is 11.1. The standard InChI is InChI=1S/C9H19N5/c1-10-5-4-6-13(2)7-9-11-8-12-14(9)3/h8,10H,4-7H2,1-3H3. The molecule has 1 rings (SSSR count). The molecule has 0 unspecified atom stereocenters. The summed E-state index contributed by atoms with van der Waals surface area (Å²) in [7, 11) is 6.00. The van der Waals surface area contributed by atoms with Gasteiger partial charge in [0.15, 0.2) is 0 Å². The van der Waals surface area contributed by atoms with Crippen LogP contribution in [0.25, 0.3) is 0 Å². The van der Waals surface area contributed by atoms with Gasteiger partial charge in [0.25, 0.3) is 0 Å². The van der Waals surface area contributed by atoms with Crippen molar-refractivity contribution < 1.29 is 0 Å². The molecule has 0 bridgehead atoms. The van der Waals surface area contributed by atoms with E-state index in [1.165, 1.54) is 0 Å². The molecule has 0 aliphatic carbocycles. The molecular formula is C9H19N5. The summed E-state index contributed by atoms with van der Waals surface area (Å²) in [5.41, 5.74) is 0. The Hall–Kier alpha value is -0.940. The number of aryl methyl sites for hydroxylation is 1. The molecule has 80 valence electrons. The van der Waals surface area contributed by atoms with E-state index in [2.05, 4.69) is 27.3 Å². The molecule has 1 N–H and O–H groups in total. The summed E-state index contributed by atoms with van der Waals surface area (Å²) in [4.78, 5) is 6.43. The molecule has 0 aliphatic rings. The van der Waals surface area contributed by atoms with Gasteiger partial charge in [-0.2, -0.15) is 5.10 Å². The van der Waals surface area contributed by atoms with Gasteiger partial charge < -0.3 is 5.32 Å². The molecule has 0 saturated heterocycles. The molecule has 0 atom stereocenters. The first-order valence-corrected chi connectivity index (χ1v) is 4.90. The molecule has 5 heteroatoms. The Morgan fingerprint density at radius 1 is 1.57 bits per heavy atom. The summed E-state index contributed by atoms with van der Waals surface area (Å²) in [5, 5.41) is 7.17. The maximum atomic E-state index is 4.18. The van der Waals surface area contributed by atoms with Crippen LogP contribution in [-0.2, 0) is 13.6 Å². The van der Waals surface area contributed by atoms with Crippen molar-refractivity contribution in [3.05, 3.63) is 12.2 Å². The largest absolute Gasteiger partial charge is 0.320 e. The van der Waals surface area contributed by atoms with Crippen molar-refractivity contribution >= 4 is 0 Å². The molecule has 0 spiro atoms. The van der Waals surface area contributed by atoms with Crippen LogP contribution in [0, 0.1) is 0 Å². The lowest BCUT2D eigenvalue weighted by Crippen LogP contribution is -2.24. The summed E-state index contributed by atoms with van der Waals surface area (Å²) < 4.78 is 1.81. The zero-order chi connectivity index (χ0) is 10.4. The lowest BCUT2D eigenvalue weighted by atomic mass is 10.4. The van der Waals surface area contributed by atoms with E-state index >= 15 is 0 Å². The number of hydrogen-bond acceptors (Lipinski definition) is 4. The van der Waals surface area contributed by atoms with Crippen LogP contribution >= 0.6 is 0 Å². The summed E-state index contributed by atoms with van der Waals surface area (Å²) >= 11 is 0. The van der Waals surface area contributed by atoms with Gasteiger partial charge in [0.1, 0.15) is 12.2 Å². The lowest BCUT2D eigenvalue weighted by molar-refractivity contribution is 0.308. The van der Waals surface area contributed by atoms with E-state index in [1.807, 2.05) is 18.8 Å². The molecule has 1 heterocycles. The van der Waals surface area contributed by atoms with Crippen molar-refractivity contribution in [3.63, 3.8) is 0 Å². The minimum Gasteiger partial charge on any atom is -0.320 e. The fourth-order valence-corrected chi connectivity index (χ4v) is 1.31. The first-order chi connectivity index (χ1) is 6.74. The van der Waals surface area contributed by atoms with Gasteiger partial charge in [-0.15, -0.1) is 0 Å². The minimum atomic E-state index is 0.861. The molecule has 0 aliphatic heterocycles. The monoisotopic (exact) mass is 197 g/mol. The van der Waals surface area contributed by atoms with Gasteiger partial charge in [-0.3, -0.25) is 9.58 Å². The van der Waals surface area contributed by atoms with Crippen molar-refractivity contribution in [3.8, 4) is 0 Å². The Morgan fingerprint density at radius 2 is 2.36 bits per heavy atom. The molecule has 14 heavy (non-hydrogen) atoms. The van der Waals surface area contributed by atoms with Crippen LogP contribution in [0.3, 0.4) is 0 Å². The average Bonchev–Trinajstić information content (AvgIpc) is 2.52. The highest BCUT2D eigenvalue weighted by Crippen LogP contribution is 1.97. The molecule has 1 aromatic rings. The first kappa shape index (κ1) is 11.1. The third-order valence-corrected chi connectivity index (χ3v) is 2.18. The second-order valence-corrected chi connectivity index (χ2v) is 3.49. The third-order valence-electron chi connectivity index (χ3n) is 2.18. The minimum absolute atomic E-state index is 0.861. The Bertz CT molecular complexity index is 257. The van der Waals surface area contributed by atoms with Gasteiger partial charge in [-0.25, -0.2) is 4.98 Å². The SMILES string of the molecule is CNCCCN(C)Cc1ncnn1C. The predicted molar refractivity (Wildman–Crippen MR) is 55.9 cm³/mol. The topological polar surface area (TPSA) is 46.0 Å². The number of rotatable bonds is 6. The van der Waals surface area contributed by atoms with E-state index in [0.29, 0.717) is 0 Å². The molecule has 0 aromatic carbocycles. The number of hydrogen-bond donors (Lipinski definition) is 1. The van der Waals surface area contributed by atoms with Crippen LogP contribution < -0.4 is 5.32 Å². The van der Waals surface area contributed by atoms with Crippen LogP contribution in [0.5, 0.6) is 0 Å². The summed E-state index contributed by atoms with van der Waals surface area (Å²) in [6.07, 6.45) is 2.75. The lowest BCUT2D eigenvalue weighted by Gasteiger charge is -2.15. The van der Waals surface area contributed by atoms with Crippen LogP contribution in [0.15, 0.2) is 6.33 Å². The molecule has 5 nitrogen and oxygen atoms in total. The Balaban J connectivity index is 2.27. The number of aromatic nitrogens is 3. The Kier molecular flexibility index (Phi) is 4.55. The highest BCUT2D eigenvalue weighted by atomic mass is 15.3. The summed E-state index contributed by atoms with van der Waals surface area (Å²) in [6.45, 7) is 3.00. The maximum absolute atomic E-state index is 4.18. The van der Waals surface area contributed by atoms with Crippen LogP contribution in [0.2, 0.25) is 0 Å². The fourth-order valence-electron chi connectivity index (χ4n) is 1.31. The molecule has 0 fully saturated rings. The van der Waals surface area contributed by atoms with E-state index in [4.69, 9.17) is 0 Å². The second-order valence-electron chi connectivity index (χ2n) is 3.49. The van der Waals surface area contributed by atoms with Crippen LogP contribution in [0.1, 0.15) is 12.2 Å². The highest BCUT2D eigenvalue weighted by Gasteiger charge is 2.04. The fraction of sp³-hybridized carbons (Fsp3) is 0.778. The molecular weight excluding hydrogens is 178 g/mol. The zero-order valence-electron chi connectivity index (χ0n) is 9.19. The molecule has 1 aromatic heterocycles. The van der Waals surface area contributed by atoms with E-state index in [-0.39, 0.29) is 0 Å². The van der Waals surface area contributed by atoms with Crippen molar-refractivity contribution in [2.45, 2.75) is 13.0 Å². The van der Waals surface area contributed by atoms with Crippen LogP contribution in [-0.4, -0.2) is 46.8 Å². The van der Waals surface area contributed by atoms with Gasteiger partial charge in [0.05, 0.1) is 6.54 Å². The van der Waals surface area contributed by atoms with Gasteiger partial charge in [0.2, 0.25) is 0 Å². The van der Waals surface area contributed by atoms with Gasteiger partial charge in [-0.05, 0) is 33.6 Å². The van der Waals surface area contributed by atoms with Crippen molar-refractivity contribution in [2.75, 3.05) is 27.2 Å². The first-order valence-electron chi connectivity index (χ1n) is 4.90. The summed E-state index contributed by atoms with van der Waals surface area (Å²) in [6, 6.07) is 0. The van der Waals surface area contributed by atoms with Crippen LogP contribution in [0.4, 0.5) is 0 Å². The second kappa shape index (κ2) is 5.72. The van der Waals surface area contributed by atoms with Crippen molar-refractivity contribution in [1.29, 1.82) is 0 Å². The van der Waals surface area contributed by atoms with Crippen molar-refractivity contribution in [1.82, 2.24) is 25.0 Å². The summed E-state index contributed by atoms with van der Waals surface area (Å²) in [5.74, 6) is 1.01. The number of nitrogens with one attached hydrogen (secondary N) is 1. The zero-order valence-corrected chi connectivity index (χ0v) is 9.19. The van der Waals surface area contributed by atoms with E-state index in [0.717, 1.165) is 31.9 Å². The highest BCUT2D eigenvalue weighted by molar-refractivity contribution is 4.82. The van der Waals surface area contributed by atoms with Crippen molar-refractivity contribution in [2.24, 2.45) is 7.05 Å². The van der Waals surface area contributed by atoms with E-state index in [1.54, 1.807) is 6.33 Å². The van der Waals surface area contributed by atoms with E-state index < -0.39 is 0 Å². The Morgan fingerprint density at radius 3 is 2.93 bits per heavy atom. The van der Waals surface area contributed by atoms with Gasteiger partial charge >= 0.3 is 0 Å². The Labute approximate surface area is 85.1 Å². The maximum Gasteiger partial charge on any atom is 0.140 e. The molecule has 0 amide bonds. The third kappa shape index (κ3) is 3.43.